The molecule has 0 spiro atoms. The first-order valence-corrected chi connectivity index (χ1v) is 5.08. The summed E-state index contributed by atoms with van der Waals surface area (Å²) in [6.07, 6.45) is 2.54. The Morgan fingerprint density at radius 3 is 2.94 bits per heavy atom. The molecule has 1 aromatic rings. The predicted molar refractivity (Wildman–Crippen MR) is 63.9 cm³/mol. The molecule has 0 unspecified atom stereocenters. The summed E-state index contributed by atoms with van der Waals surface area (Å²) in [4.78, 5) is 24.8. The van der Waals surface area contributed by atoms with E-state index >= 15 is 0 Å². The van der Waals surface area contributed by atoms with Crippen molar-refractivity contribution >= 4 is 29.3 Å². The third-order valence-electron chi connectivity index (χ3n) is 1.82. The average molecular weight is 273 g/mol. The number of hydroxylamine groups is 1. The first-order valence-electron chi connectivity index (χ1n) is 4.71. The number of hydrogen-bond acceptors (Lipinski definition) is 5. The van der Waals surface area contributed by atoms with Crippen molar-refractivity contribution in [2.24, 2.45) is 0 Å². The fourth-order valence-electron chi connectivity index (χ4n) is 1.12. The number of nitrogens with zero attached hydrogens (tertiary/aromatic N) is 1. The molecule has 18 heavy (non-hydrogen) atoms. The van der Waals surface area contributed by atoms with Crippen LogP contribution in [-0.4, -0.2) is 22.6 Å². The zero-order chi connectivity index (χ0) is 13.5. The highest BCUT2D eigenvalue weighted by molar-refractivity contribution is 6.32. The molecule has 0 aliphatic carbocycles. The molecule has 7 nitrogen and oxygen atoms in total. The number of nitro benzene ring substituents is 1. The normalized spacial score (nSPS) is 10.5. The molecule has 0 aliphatic heterocycles. The van der Waals surface area contributed by atoms with Crippen LogP contribution >= 0.6 is 11.6 Å². The number of carboxylic acids is 1. The number of nitro groups is 1. The van der Waals surface area contributed by atoms with Crippen molar-refractivity contribution in [2.45, 2.75) is 0 Å². The molecule has 0 radical (unpaired) electrons. The first-order chi connectivity index (χ1) is 8.52. The van der Waals surface area contributed by atoms with Crippen molar-refractivity contribution in [3.05, 3.63) is 45.1 Å². The second kappa shape index (κ2) is 6.58. The van der Waals surface area contributed by atoms with Crippen LogP contribution in [0.3, 0.4) is 0 Å². The first kappa shape index (κ1) is 13.9. The number of carboxylic acid groups (broad SMARTS) is 1. The number of benzene rings is 1. The lowest BCUT2D eigenvalue weighted by molar-refractivity contribution is -0.385. The molecule has 0 fully saturated rings. The van der Waals surface area contributed by atoms with Gasteiger partial charge in [0, 0.05) is 12.3 Å². The van der Waals surface area contributed by atoms with Gasteiger partial charge in [0.25, 0.3) is 5.69 Å². The molecule has 0 aliphatic rings. The van der Waals surface area contributed by atoms with E-state index in [9.17, 15) is 14.9 Å². The lowest BCUT2D eigenvalue weighted by Gasteiger charge is -2.01. The van der Waals surface area contributed by atoms with E-state index in [-0.39, 0.29) is 16.3 Å². The molecule has 96 valence electrons. The van der Waals surface area contributed by atoms with Crippen LogP contribution in [0.5, 0.6) is 0 Å². The zero-order valence-electron chi connectivity index (χ0n) is 9.00. The number of carbonyl (C=O) groups is 1. The molecular formula is C10H9ClN2O5. The van der Waals surface area contributed by atoms with E-state index in [2.05, 4.69) is 10.3 Å². The maximum absolute atomic E-state index is 10.7. The van der Waals surface area contributed by atoms with Gasteiger partial charge in [0.1, 0.15) is 0 Å². The summed E-state index contributed by atoms with van der Waals surface area (Å²) in [6.45, 7) is -0.533. The highest BCUT2D eigenvalue weighted by Crippen LogP contribution is 2.27. The summed E-state index contributed by atoms with van der Waals surface area (Å²) in [7, 11) is 0. The van der Waals surface area contributed by atoms with Crippen LogP contribution < -0.4 is 5.48 Å². The van der Waals surface area contributed by atoms with E-state index < -0.39 is 17.5 Å². The fraction of sp³-hybridized carbons (Fsp3) is 0.100. The van der Waals surface area contributed by atoms with Gasteiger partial charge in [-0.3, -0.25) is 20.4 Å². The molecule has 0 amide bonds. The summed E-state index contributed by atoms with van der Waals surface area (Å²) in [6, 6.07) is 4.28. The molecule has 0 atom stereocenters. The maximum atomic E-state index is 10.7. The van der Waals surface area contributed by atoms with Crippen LogP contribution in [0.4, 0.5) is 5.69 Å². The van der Waals surface area contributed by atoms with Gasteiger partial charge in [0.05, 0.1) is 15.5 Å². The van der Waals surface area contributed by atoms with Crippen molar-refractivity contribution in [1.82, 2.24) is 5.48 Å². The van der Waals surface area contributed by atoms with Gasteiger partial charge in [-0.25, -0.2) is 4.79 Å². The van der Waals surface area contributed by atoms with Crippen molar-refractivity contribution in [3.63, 3.8) is 0 Å². The summed E-state index contributed by atoms with van der Waals surface area (Å²) in [5, 5.41) is 19.2. The minimum absolute atomic E-state index is 0.154. The Bertz CT molecular complexity index is 489. The lowest BCUT2D eigenvalue weighted by atomic mass is 10.2. The molecule has 0 saturated heterocycles. The topological polar surface area (TPSA) is 102 Å². The summed E-state index contributed by atoms with van der Waals surface area (Å²) < 4.78 is 0. The van der Waals surface area contributed by atoms with Crippen LogP contribution in [0.25, 0.3) is 6.08 Å². The van der Waals surface area contributed by atoms with Gasteiger partial charge in [0.2, 0.25) is 0 Å². The molecule has 8 heteroatoms. The Balaban J connectivity index is 2.74. The zero-order valence-corrected chi connectivity index (χ0v) is 9.76. The average Bonchev–Trinajstić information content (AvgIpc) is 2.29. The van der Waals surface area contributed by atoms with Gasteiger partial charge in [-0.15, -0.1) is 0 Å². The van der Waals surface area contributed by atoms with E-state index in [1.54, 1.807) is 0 Å². The predicted octanol–water partition coefficient (Wildman–Crippen LogP) is 1.82. The minimum atomic E-state index is -1.14. The Morgan fingerprint density at radius 2 is 2.33 bits per heavy atom. The molecule has 1 aromatic carbocycles. The largest absolute Gasteiger partial charge is 0.479 e. The summed E-state index contributed by atoms with van der Waals surface area (Å²) >= 11 is 5.82. The Hall–Kier alpha value is -2.12. The standard InChI is InChI=1S/C10H9ClN2O5/c11-8-2-1-3-9(13(16)17)7(8)4-5-12-18-6-10(14)15/h1-5,12H,6H2,(H,14,15)/b5-4+. The van der Waals surface area contributed by atoms with Gasteiger partial charge in [-0.05, 0) is 12.1 Å². The Morgan fingerprint density at radius 1 is 1.61 bits per heavy atom. The van der Waals surface area contributed by atoms with E-state index in [1.165, 1.54) is 30.5 Å². The number of rotatable bonds is 6. The molecule has 0 bridgehead atoms. The van der Waals surface area contributed by atoms with Crippen molar-refractivity contribution < 1.29 is 19.7 Å². The number of aliphatic carboxylic acids is 1. The van der Waals surface area contributed by atoms with Gasteiger partial charge < -0.3 is 5.11 Å². The number of nitrogens with one attached hydrogen (secondary N) is 1. The highest BCUT2D eigenvalue weighted by atomic mass is 35.5. The summed E-state index contributed by atoms with van der Waals surface area (Å²) in [5.41, 5.74) is 2.27. The van der Waals surface area contributed by atoms with Crippen molar-refractivity contribution in [2.75, 3.05) is 6.61 Å². The molecule has 0 heterocycles. The highest BCUT2D eigenvalue weighted by Gasteiger charge is 2.13. The van der Waals surface area contributed by atoms with Crippen LogP contribution in [0, 0.1) is 10.1 Å². The van der Waals surface area contributed by atoms with Crippen molar-refractivity contribution in [1.29, 1.82) is 0 Å². The van der Waals surface area contributed by atoms with Crippen LogP contribution in [0.15, 0.2) is 24.4 Å². The SMILES string of the molecule is O=C(O)CON/C=C/c1c(Cl)cccc1[N+](=O)[O-]. The molecule has 1 rings (SSSR count). The van der Waals surface area contributed by atoms with Crippen LogP contribution in [-0.2, 0) is 9.63 Å². The summed E-state index contributed by atoms with van der Waals surface area (Å²) in [5.74, 6) is -1.14. The third kappa shape index (κ3) is 4.04. The van der Waals surface area contributed by atoms with Gasteiger partial charge in [-0.2, -0.15) is 0 Å². The molecular weight excluding hydrogens is 264 g/mol. The van der Waals surface area contributed by atoms with E-state index in [0.717, 1.165) is 0 Å². The van der Waals surface area contributed by atoms with E-state index in [0.29, 0.717) is 0 Å². The second-order valence-electron chi connectivity index (χ2n) is 3.06. The smallest absolute Gasteiger partial charge is 0.332 e. The Labute approximate surface area is 107 Å². The molecule has 0 saturated carbocycles. The minimum Gasteiger partial charge on any atom is -0.479 e. The third-order valence-corrected chi connectivity index (χ3v) is 2.15. The van der Waals surface area contributed by atoms with Crippen molar-refractivity contribution in [3.8, 4) is 0 Å². The Kier molecular flexibility index (Phi) is 5.09. The van der Waals surface area contributed by atoms with Gasteiger partial charge >= 0.3 is 5.97 Å². The van der Waals surface area contributed by atoms with E-state index in [4.69, 9.17) is 16.7 Å². The number of hydrogen-bond donors (Lipinski definition) is 2. The monoisotopic (exact) mass is 272 g/mol. The van der Waals surface area contributed by atoms with Gasteiger partial charge in [0.15, 0.2) is 6.61 Å². The van der Waals surface area contributed by atoms with Crippen LogP contribution in [0.1, 0.15) is 5.56 Å². The second-order valence-corrected chi connectivity index (χ2v) is 3.47. The maximum Gasteiger partial charge on any atom is 0.332 e. The van der Waals surface area contributed by atoms with Crippen LogP contribution in [0.2, 0.25) is 5.02 Å². The quantitative estimate of drug-likeness (QED) is 0.465. The lowest BCUT2D eigenvalue weighted by Crippen LogP contribution is -2.14. The number of halogens is 1. The van der Waals surface area contributed by atoms with Gasteiger partial charge in [-0.1, -0.05) is 17.7 Å². The fourth-order valence-corrected chi connectivity index (χ4v) is 1.35. The van der Waals surface area contributed by atoms with E-state index in [1.807, 2.05) is 0 Å². The molecule has 0 aromatic heterocycles. The molecule has 2 N–H and O–H groups in total.